The highest BCUT2D eigenvalue weighted by Crippen LogP contribution is 2.31. The minimum absolute atomic E-state index is 0.00984. The molecule has 216 valence electrons. The fourth-order valence-electron chi connectivity index (χ4n) is 4.12. The molecule has 0 saturated carbocycles. The average molecular weight is 583 g/mol. The van der Waals surface area contributed by atoms with E-state index in [1.54, 1.807) is 30.3 Å². The van der Waals surface area contributed by atoms with Crippen molar-refractivity contribution in [2.75, 3.05) is 6.61 Å². The number of halogens is 3. The maximum atomic E-state index is 13.0. The van der Waals surface area contributed by atoms with E-state index in [0.29, 0.717) is 0 Å². The molecule has 40 heavy (non-hydrogen) atoms. The van der Waals surface area contributed by atoms with Gasteiger partial charge in [-0.15, -0.1) is 0 Å². The first-order chi connectivity index (χ1) is 19.1. The first-order valence-corrected chi connectivity index (χ1v) is 13.8. The highest BCUT2D eigenvalue weighted by molar-refractivity contribution is 7.87. The zero-order valence-corrected chi connectivity index (χ0v) is 22.0. The summed E-state index contributed by atoms with van der Waals surface area (Å²) in [4.78, 5) is 0. The number of aliphatic hydroxyl groups excluding tert-OH is 1. The Morgan fingerprint density at radius 2 is 1.07 bits per heavy atom. The van der Waals surface area contributed by atoms with Gasteiger partial charge in [-0.1, -0.05) is 91.0 Å². The second-order valence-corrected chi connectivity index (χ2v) is 10.6. The molecule has 0 aromatic heterocycles. The van der Waals surface area contributed by atoms with Gasteiger partial charge in [0.2, 0.25) is 0 Å². The Kier molecular flexibility index (Phi) is 10.3. The van der Waals surface area contributed by atoms with Gasteiger partial charge in [-0.3, -0.25) is 4.18 Å². The van der Waals surface area contributed by atoms with Crippen LogP contribution in [0.1, 0.15) is 16.7 Å². The van der Waals surface area contributed by atoms with Gasteiger partial charge >= 0.3 is 15.6 Å². The van der Waals surface area contributed by atoms with Crippen molar-refractivity contribution in [3.8, 4) is 0 Å². The zero-order valence-electron chi connectivity index (χ0n) is 21.2. The molecular weight excluding hydrogens is 553 g/mol. The zero-order chi connectivity index (χ0) is 28.6. The molecule has 3 aromatic rings. The van der Waals surface area contributed by atoms with E-state index in [4.69, 9.17) is 18.9 Å². The lowest BCUT2D eigenvalue weighted by Gasteiger charge is -2.44. The molecule has 3 aromatic carbocycles. The highest BCUT2D eigenvalue weighted by Gasteiger charge is 2.51. The van der Waals surface area contributed by atoms with E-state index < -0.39 is 52.9 Å². The lowest BCUT2D eigenvalue weighted by molar-refractivity contribution is -0.314. The van der Waals surface area contributed by atoms with E-state index in [2.05, 4.69) is 4.18 Å². The lowest BCUT2D eigenvalue weighted by Crippen LogP contribution is -2.61. The topological polar surface area (TPSA) is 101 Å². The molecule has 8 nitrogen and oxygen atoms in total. The molecule has 1 heterocycles. The van der Waals surface area contributed by atoms with E-state index in [0.717, 1.165) is 16.7 Å². The van der Waals surface area contributed by atoms with Gasteiger partial charge in [0, 0.05) is 0 Å². The number of aliphatic hydroxyl groups is 1. The Bertz CT molecular complexity index is 1280. The van der Waals surface area contributed by atoms with Crippen LogP contribution < -0.4 is 0 Å². The summed E-state index contributed by atoms with van der Waals surface area (Å²) in [7, 11) is -5.93. The van der Waals surface area contributed by atoms with Gasteiger partial charge in [-0.25, -0.2) is 0 Å². The van der Waals surface area contributed by atoms with Crippen LogP contribution in [0, 0.1) is 0 Å². The predicted octanol–water partition coefficient (Wildman–Crippen LogP) is 4.33. The molecule has 0 bridgehead atoms. The summed E-state index contributed by atoms with van der Waals surface area (Å²) in [5.41, 5.74) is -3.33. The summed E-state index contributed by atoms with van der Waals surface area (Å²) in [5.74, 6) is 0. The molecule has 1 aliphatic heterocycles. The van der Waals surface area contributed by atoms with Crippen LogP contribution in [0.3, 0.4) is 0 Å². The fraction of sp³-hybridized carbons (Fsp3) is 0.357. The predicted molar refractivity (Wildman–Crippen MR) is 137 cm³/mol. The number of benzene rings is 3. The number of hydrogen-bond acceptors (Lipinski definition) is 8. The van der Waals surface area contributed by atoms with E-state index in [9.17, 15) is 26.7 Å². The molecular formula is C28H29F3O8S. The molecule has 0 radical (unpaired) electrons. The van der Waals surface area contributed by atoms with Gasteiger partial charge in [0.15, 0.2) is 6.29 Å². The fourth-order valence-corrected chi connectivity index (χ4v) is 4.57. The summed E-state index contributed by atoms with van der Waals surface area (Å²) in [5, 5.41) is 10.9. The second-order valence-electron chi connectivity index (χ2n) is 9.03. The maximum Gasteiger partial charge on any atom is 0.523 e. The SMILES string of the molecule is O=S(=O)(OC[C@H]1O[C@@H](O)[C@H](OCc2ccccc2)[C@@H](OCc2ccccc2)[C@@H]1OCc1ccccc1)C(F)(F)F. The quantitative estimate of drug-likeness (QED) is 0.249. The van der Waals surface area contributed by atoms with Crippen LogP contribution in [0.4, 0.5) is 13.2 Å². The number of rotatable bonds is 12. The third-order valence-corrected chi connectivity index (χ3v) is 7.15. The van der Waals surface area contributed by atoms with Gasteiger partial charge in [0.05, 0.1) is 26.4 Å². The summed E-state index contributed by atoms with van der Waals surface area (Å²) in [6, 6.07) is 27.1. The van der Waals surface area contributed by atoms with Crippen molar-refractivity contribution < 1.29 is 49.8 Å². The largest absolute Gasteiger partial charge is 0.523 e. The summed E-state index contributed by atoms with van der Waals surface area (Å²) >= 11 is 0. The molecule has 1 fully saturated rings. The summed E-state index contributed by atoms with van der Waals surface area (Å²) in [6.07, 6.45) is -6.55. The summed E-state index contributed by atoms with van der Waals surface area (Å²) < 4.78 is 90.2. The smallest absolute Gasteiger partial charge is 0.368 e. The minimum atomic E-state index is -5.93. The van der Waals surface area contributed by atoms with E-state index in [-0.39, 0.29) is 19.8 Å². The van der Waals surface area contributed by atoms with Crippen LogP contribution >= 0.6 is 0 Å². The van der Waals surface area contributed by atoms with E-state index >= 15 is 0 Å². The Balaban J connectivity index is 1.61. The van der Waals surface area contributed by atoms with Gasteiger partial charge in [0.25, 0.3) is 0 Å². The molecule has 4 rings (SSSR count). The van der Waals surface area contributed by atoms with E-state index in [1.165, 1.54) is 0 Å². The Morgan fingerprint density at radius 3 is 1.50 bits per heavy atom. The number of ether oxygens (including phenoxy) is 4. The highest BCUT2D eigenvalue weighted by atomic mass is 32.2. The van der Waals surface area contributed by atoms with Crippen LogP contribution in [-0.2, 0) is 53.1 Å². The van der Waals surface area contributed by atoms with Crippen LogP contribution in [0.25, 0.3) is 0 Å². The minimum Gasteiger partial charge on any atom is -0.368 e. The normalized spacial score (nSPS) is 23.6. The Labute approximate surface area is 230 Å². The Hall–Kier alpha value is -2.84. The number of alkyl halides is 3. The Morgan fingerprint density at radius 1 is 0.675 bits per heavy atom. The number of hydrogen-bond donors (Lipinski definition) is 1. The third kappa shape index (κ3) is 8.10. The molecule has 0 amide bonds. The molecule has 0 aliphatic carbocycles. The monoisotopic (exact) mass is 582 g/mol. The molecule has 1 saturated heterocycles. The van der Waals surface area contributed by atoms with Gasteiger partial charge in [-0.05, 0) is 16.7 Å². The molecule has 5 atom stereocenters. The third-order valence-electron chi connectivity index (χ3n) is 6.14. The first-order valence-electron chi connectivity index (χ1n) is 12.4. The van der Waals surface area contributed by atoms with Crippen LogP contribution in [0.5, 0.6) is 0 Å². The van der Waals surface area contributed by atoms with Crippen molar-refractivity contribution >= 4 is 10.1 Å². The van der Waals surface area contributed by atoms with Crippen molar-refractivity contribution in [2.45, 2.75) is 56.0 Å². The van der Waals surface area contributed by atoms with Gasteiger partial charge in [-0.2, -0.15) is 21.6 Å². The van der Waals surface area contributed by atoms with Crippen LogP contribution in [0.2, 0.25) is 0 Å². The summed E-state index contributed by atoms with van der Waals surface area (Å²) in [6.45, 7) is -0.978. The van der Waals surface area contributed by atoms with Crippen LogP contribution in [0.15, 0.2) is 91.0 Å². The standard InChI is InChI=1S/C28H29F3O8S/c29-28(30,31)40(33,34)38-19-23-24(35-16-20-10-4-1-5-11-20)25(36-17-21-12-6-2-7-13-21)26(27(32)39-23)37-18-22-14-8-3-9-15-22/h1-15,23-27,32H,16-19H2/t23-,24-,25+,26-,27-/m1/s1. The van der Waals surface area contributed by atoms with Crippen molar-refractivity contribution in [3.63, 3.8) is 0 Å². The first kappa shape index (κ1) is 30.1. The average Bonchev–Trinajstić information content (AvgIpc) is 2.95. The van der Waals surface area contributed by atoms with Crippen LogP contribution in [-0.4, -0.2) is 56.3 Å². The van der Waals surface area contributed by atoms with E-state index in [1.807, 2.05) is 60.7 Å². The molecule has 1 N–H and O–H groups in total. The molecule has 0 spiro atoms. The van der Waals surface area contributed by atoms with Crippen molar-refractivity contribution in [3.05, 3.63) is 108 Å². The molecule has 1 aliphatic rings. The second kappa shape index (κ2) is 13.7. The van der Waals surface area contributed by atoms with Gasteiger partial charge < -0.3 is 24.1 Å². The van der Waals surface area contributed by atoms with Gasteiger partial charge in [0.1, 0.15) is 24.4 Å². The molecule has 0 unspecified atom stereocenters. The lowest BCUT2D eigenvalue weighted by atomic mass is 9.98. The molecule has 12 heteroatoms. The maximum absolute atomic E-state index is 13.0. The van der Waals surface area contributed by atoms with Crippen molar-refractivity contribution in [1.82, 2.24) is 0 Å². The van der Waals surface area contributed by atoms with Crippen molar-refractivity contribution in [2.24, 2.45) is 0 Å². The van der Waals surface area contributed by atoms with Crippen molar-refractivity contribution in [1.29, 1.82) is 0 Å².